The van der Waals surface area contributed by atoms with Gasteiger partial charge in [-0.15, -0.1) is 0 Å². The number of amides is 1. The van der Waals surface area contributed by atoms with Gasteiger partial charge >= 0.3 is 6.09 Å². The first-order valence-corrected chi connectivity index (χ1v) is 10.9. The molecule has 1 fully saturated rings. The largest absolute Gasteiger partial charge is 0.489 e. The van der Waals surface area contributed by atoms with E-state index in [1.807, 2.05) is 45.0 Å². The number of benzene rings is 2. The molecule has 1 N–H and O–H groups in total. The number of carbonyl (C=O) groups is 1. The maximum Gasteiger partial charge on any atom is 0.407 e. The average molecular weight is 411 g/mol. The van der Waals surface area contributed by atoms with E-state index in [1.165, 1.54) is 11.3 Å². The maximum absolute atomic E-state index is 11.8. The second-order valence-electron chi connectivity index (χ2n) is 8.92. The molecule has 1 saturated heterocycles. The lowest BCUT2D eigenvalue weighted by molar-refractivity contribution is 0.0524. The monoisotopic (exact) mass is 410 g/mol. The van der Waals surface area contributed by atoms with Crippen molar-refractivity contribution in [2.45, 2.75) is 52.2 Å². The predicted octanol–water partition coefficient (Wildman–Crippen LogP) is 5.40. The summed E-state index contributed by atoms with van der Waals surface area (Å²) in [4.78, 5) is 14.2. The molecule has 0 spiro atoms. The van der Waals surface area contributed by atoms with E-state index in [-0.39, 0.29) is 6.09 Å². The van der Waals surface area contributed by atoms with Crippen molar-refractivity contribution in [3.05, 3.63) is 60.2 Å². The van der Waals surface area contributed by atoms with Crippen LogP contribution in [-0.2, 0) is 11.3 Å². The number of alkyl carbamates (subject to hydrolysis) is 1. The van der Waals surface area contributed by atoms with Crippen molar-refractivity contribution in [1.29, 1.82) is 0 Å². The number of rotatable bonds is 7. The number of nitrogens with zero attached hydrogens (tertiary/aromatic N) is 1. The van der Waals surface area contributed by atoms with Crippen LogP contribution in [0, 0.1) is 5.92 Å². The average Bonchev–Trinajstić information content (AvgIpc) is 2.72. The summed E-state index contributed by atoms with van der Waals surface area (Å²) >= 11 is 0. The summed E-state index contributed by atoms with van der Waals surface area (Å²) < 4.78 is 11.3. The third-order valence-electron chi connectivity index (χ3n) is 5.27. The van der Waals surface area contributed by atoms with Gasteiger partial charge in [-0.2, -0.15) is 0 Å². The Labute approximate surface area is 180 Å². The normalized spacial score (nSPS) is 15.0. The molecular weight excluding hydrogens is 376 g/mol. The van der Waals surface area contributed by atoms with Crippen LogP contribution in [0.2, 0.25) is 0 Å². The van der Waals surface area contributed by atoms with E-state index in [9.17, 15) is 4.79 Å². The Hall–Kier alpha value is -2.69. The molecule has 0 atom stereocenters. The van der Waals surface area contributed by atoms with E-state index in [0.29, 0.717) is 19.1 Å². The number of hydrogen-bond acceptors (Lipinski definition) is 4. The lowest BCUT2D eigenvalue weighted by Crippen LogP contribution is -2.36. The number of carbonyl (C=O) groups excluding carboxylic acids is 1. The van der Waals surface area contributed by atoms with Crippen LogP contribution in [0.25, 0.3) is 0 Å². The summed E-state index contributed by atoms with van der Waals surface area (Å²) in [6, 6.07) is 18.6. The first-order chi connectivity index (χ1) is 14.4. The van der Waals surface area contributed by atoms with Crippen LogP contribution in [0.4, 0.5) is 10.5 Å². The minimum absolute atomic E-state index is 0.327. The molecule has 1 heterocycles. The first-order valence-electron chi connectivity index (χ1n) is 10.9. The number of anilines is 1. The minimum Gasteiger partial charge on any atom is -0.489 e. The number of ether oxygens (including phenoxy) is 2. The minimum atomic E-state index is -0.450. The second-order valence-corrected chi connectivity index (χ2v) is 8.92. The lowest BCUT2D eigenvalue weighted by Gasteiger charge is -2.34. The van der Waals surface area contributed by atoms with Crippen molar-refractivity contribution in [2.75, 3.05) is 24.5 Å². The molecule has 5 nitrogen and oxygen atoms in total. The van der Waals surface area contributed by atoms with Gasteiger partial charge in [0.2, 0.25) is 0 Å². The van der Waals surface area contributed by atoms with Gasteiger partial charge < -0.3 is 19.7 Å². The highest BCUT2D eigenvalue weighted by Crippen LogP contribution is 2.28. The summed E-state index contributed by atoms with van der Waals surface area (Å²) in [7, 11) is 0. The van der Waals surface area contributed by atoms with Crippen molar-refractivity contribution in [3.8, 4) is 5.75 Å². The smallest absolute Gasteiger partial charge is 0.407 e. The lowest BCUT2D eigenvalue weighted by atomic mass is 9.93. The zero-order valence-corrected chi connectivity index (χ0v) is 18.4. The third kappa shape index (κ3) is 7.29. The molecule has 0 radical (unpaired) electrons. The Bertz CT molecular complexity index is 794. The van der Waals surface area contributed by atoms with Crippen LogP contribution < -0.4 is 15.0 Å². The van der Waals surface area contributed by atoms with Crippen molar-refractivity contribution < 1.29 is 14.3 Å². The van der Waals surface area contributed by atoms with E-state index in [1.54, 1.807) is 0 Å². The van der Waals surface area contributed by atoms with Gasteiger partial charge in [-0.25, -0.2) is 4.79 Å². The Morgan fingerprint density at radius 3 is 2.50 bits per heavy atom. The van der Waals surface area contributed by atoms with Crippen LogP contribution in [0.5, 0.6) is 5.75 Å². The topological polar surface area (TPSA) is 50.8 Å². The number of nitrogens with one attached hydrogen (secondary N) is 1. The Morgan fingerprint density at radius 2 is 1.80 bits per heavy atom. The number of piperidine rings is 1. The van der Waals surface area contributed by atoms with Gasteiger partial charge in [0.1, 0.15) is 18.0 Å². The van der Waals surface area contributed by atoms with Crippen molar-refractivity contribution in [3.63, 3.8) is 0 Å². The van der Waals surface area contributed by atoms with Gasteiger partial charge in [0.15, 0.2) is 0 Å². The van der Waals surface area contributed by atoms with Gasteiger partial charge in [0.05, 0.1) is 0 Å². The Morgan fingerprint density at radius 1 is 1.07 bits per heavy atom. The van der Waals surface area contributed by atoms with Crippen molar-refractivity contribution in [1.82, 2.24) is 5.32 Å². The summed E-state index contributed by atoms with van der Waals surface area (Å²) in [5.41, 5.74) is 1.93. The van der Waals surface area contributed by atoms with Gasteiger partial charge in [-0.1, -0.05) is 36.4 Å². The van der Waals surface area contributed by atoms with Gasteiger partial charge in [-0.3, -0.25) is 0 Å². The summed E-state index contributed by atoms with van der Waals surface area (Å²) in [5.74, 6) is 1.54. The molecule has 1 aliphatic heterocycles. The molecule has 162 valence electrons. The molecule has 1 aliphatic rings. The zero-order valence-electron chi connectivity index (χ0n) is 18.4. The van der Waals surface area contributed by atoms with Crippen LogP contribution >= 0.6 is 0 Å². The fourth-order valence-corrected chi connectivity index (χ4v) is 3.68. The highest BCUT2D eigenvalue weighted by molar-refractivity contribution is 5.67. The maximum atomic E-state index is 11.8. The molecule has 0 bridgehead atoms. The van der Waals surface area contributed by atoms with Gasteiger partial charge in [0.25, 0.3) is 0 Å². The highest BCUT2D eigenvalue weighted by atomic mass is 16.6. The number of hydrogen-bond donors (Lipinski definition) is 1. The first kappa shape index (κ1) is 22.0. The molecule has 1 amide bonds. The van der Waals surface area contributed by atoms with Gasteiger partial charge in [0, 0.05) is 31.4 Å². The van der Waals surface area contributed by atoms with E-state index < -0.39 is 5.60 Å². The molecule has 2 aromatic carbocycles. The quantitative estimate of drug-likeness (QED) is 0.664. The van der Waals surface area contributed by atoms with Crippen LogP contribution in [0.1, 0.15) is 45.6 Å². The van der Waals surface area contributed by atoms with E-state index in [4.69, 9.17) is 9.47 Å². The van der Waals surface area contributed by atoms with Crippen LogP contribution in [-0.4, -0.2) is 31.3 Å². The molecule has 5 heteroatoms. The molecule has 30 heavy (non-hydrogen) atoms. The van der Waals surface area contributed by atoms with Crippen molar-refractivity contribution >= 4 is 11.8 Å². The van der Waals surface area contributed by atoms with E-state index in [0.717, 1.165) is 38.1 Å². The molecule has 0 aromatic heterocycles. The SMILES string of the molecule is CC(C)(C)OC(=O)NCCC1CCN(c2cccc(OCc3ccccc3)c2)CC1. The van der Waals surface area contributed by atoms with E-state index in [2.05, 4.69) is 40.5 Å². The summed E-state index contributed by atoms with van der Waals surface area (Å²) in [5, 5.41) is 2.87. The molecular formula is C25H34N2O3. The zero-order chi connectivity index (χ0) is 21.4. The molecule has 3 rings (SSSR count). The Kier molecular flexibility index (Phi) is 7.61. The summed E-state index contributed by atoms with van der Waals surface area (Å²) in [6.45, 7) is 8.94. The fourth-order valence-electron chi connectivity index (χ4n) is 3.68. The Balaban J connectivity index is 1.41. The van der Waals surface area contributed by atoms with Gasteiger partial charge in [-0.05, 0) is 63.6 Å². The molecule has 0 saturated carbocycles. The summed E-state index contributed by atoms with van der Waals surface area (Å²) in [6.07, 6.45) is 2.93. The molecule has 2 aromatic rings. The molecule has 0 aliphatic carbocycles. The standard InChI is InChI=1S/C25H34N2O3/c1-25(2,3)30-24(28)26-15-12-20-13-16-27(17-14-20)22-10-7-11-23(18-22)29-19-21-8-5-4-6-9-21/h4-11,18,20H,12-17,19H2,1-3H3,(H,26,28). The fraction of sp³-hybridized carbons (Fsp3) is 0.480. The van der Waals surface area contributed by atoms with Crippen LogP contribution in [0.3, 0.4) is 0 Å². The highest BCUT2D eigenvalue weighted by Gasteiger charge is 2.21. The van der Waals surface area contributed by atoms with Crippen LogP contribution in [0.15, 0.2) is 54.6 Å². The molecule has 0 unspecified atom stereocenters. The predicted molar refractivity (Wildman–Crippen MR) is 121 cm³/mol. The second kappa shape index (κ2) is 10.4. The third-order valence-corrected chi connectivity index (χ3v) is 5.27. The van der Waals surface area contributed by atoms with Crippen molar-refractivity contribution in [2.24, 2.45) is 5.92 Å². The van der Waals surface area contributed by atoms with E-state index >= 15 is 0 Å².